The van der Waals surface area contributed by atoms with E-state index in [-0.39, 0.29) is 5.54 Å². The average Bonchev–Trinajstić information content (AvgIpc) is 3.20. The van der Waals surface area contributed by atoms with Gasteiger partial charge in [-0.25, -0.2) is 0 Å². The molecule has 0 radical (unpaired) electrons. The zero-order valence-corrected chi connectivity index (χ0v) is 15.4. The summed E-state index contributed by atoms with van der Waals surface area (Å²) in [6, 6.07) is 13.2. The van der Waals surface area contributed by atoms with E-state index >= 15 is 0 Å². The van der Waals surface area contributed by atoms with Crippen LogP contribution in [0.5, 0.6) is 0 Å². The number of anilines is 1. The van der Waals surface area contributed by atoms with Crippen molar-refractivity contribution >= 4 is 5.69 Å². The van der Waals surface area contributed by atoms with Crippen molar-refractivity contribution in [1.82, 2.24) is 14.4 Å². The second-order valence-electron chi connectivity index (χ2n) is 7.78. The number of hydrogen-bond acceptors (Lipinski definition) is 4. The minimum absolute atomic E-state index is 0.0767. The normalized spacial score (nSPS) is 22.6. The lowest BCUT2D eigenvalue weighted by Crippen LogP contribution is -2.51. The molecule has 5 rings (SSSR count). The van der Waals surface area contributed by atoms with Crippen LogP contribution in [0.4, 0.5) is 5.69 Å². The van der Waals surface area contributed by atoms with Crippen LogP contribution < -0.4 is 5.32 Å². The highest BCUT2D eigenvalue weighted by molar-refractivity contribution is 5.66. The number of morpholine rings is 1. The summed E-state index contributed by atoms with van der Waals surface area (Å²) in [5.74, 6) is 0. The van der Waals surface area contributed by atoms with Crippen molar-refractivity contribution in [3.63, 3.8) is 0 Å². The number of likely N-dealkylation sites (tertiary alicyclic amines) is 1. The van der Waals surface area contributed by atoms with Gasteiger partial charge in [0.05, 0.1) is 30.1 Å². The predicted octanol–water partition coefficient (Wildman–Crippen LogP) is 2.53. The molecule has 1 N–H and O–H groups in total. The molecule has 5 nitrogen and oxygen atoms in total. The first-order valence-electron chi connectivity index (χ1n) is 9.92. The number of benzene rings is 1. The molecule has 0 aliphatic carbocycles. The second-order valence-corrected chi connectivity index (χ2v) is 7.78. The Labute approximate surface area is 155 Å². The SMILES string of the molecule is c1ccc2c(c1)NC1(CCN(CCN3CCOCC3)CC1)c1cccn1-2. The van der Waals surface area contributed by atoms with E-state index < -0.39 is 0 Å². The molecule has 3 aliphatic heterocycles. The van der Waals surface area contributed by atoms with Gasteiger partial charge in [0, 0.05) is 51.2 Å². The van der Waals surface area contributed by atoms with Gasteiger partial charge in [-0.3, -0.25) is 4.90 Å². The van der Waals surface area contributed by atoms with Crippen molar-refractivity contribution in [3.8, 4) is 5.69 Å². The van der Waals surface area contributed by atoms with Gasteiger partial charge in [-0.05, 0) is 37.1 Å². The number of rotatable bonds is 3. The first-order chi connectivity index (χ1) is 12.8. The van der Waals surface area contributed by atoms with E-state index in [0.717, 1.165) is 52.2 Å². The van der Waals surface area contributed by atoms with Crippen molar-refractivity contribution in [2.75, 3.05) is 57.8 Å². The van der Waals surface area contributed by atoms with Crippen LogP contribution in [-0.4, -0.2) is 66.8 Å². The molecule has 0 saturated carbocycles. The molecule has 2 aromatic rings. The van der Waals surface area contributed by atoms with E-state index in [9.17, 15) is 0 Å². The molecule has 4 heterocycles. The standard InChI is InChI=1S/C21H28N4O/c1-2-5-19-18(4-1)22-21(20-6-3-9-25(19)20)7-10-23(11-8-21)12-13-24-14-16-26-17-15-24/h1-6,9,22H,7-8,10-17H2. The summed E-state index contributed by atoms with van der Waals surface area (Å²) in [5.41, 5.74) is 4.03. The summed E-state index contributed by atoms with van der Waals surface area (Å²) in [6.07, 6.45) is 4.53. The highest BCUT2D eigenvalue weighted by Gasteiger charge is 2.41. The van der Waals surface area contributed by atoms with E-state index in [1.807, 2.05) is 0 Å². The average molecular weight is 352 g/mol. The fraction of sp³-hybridized carbons (Fsp3) is 0.524. The van der Waals surface area contributed by atoms with Gasteiger partial charge in [-0.1, -0.05) is 12.1 Å². The summed E-state index contributed by atoms with van der Waals surface area (Å²) >= 11 is 0. The predicted molar refractivity (Wildman–Crippen MR) is 104 cm³/mol. The van der Waals surface area contributed by atoms with Crippen molar-refractivity contribution in [2.24, 2.45) is 0 Å². The van der Waals surface area contributed by atoms with Crippen LogP contribution in [0.2, 0.25) is 0 Å². The molecule has 5 heteroatoms. The lowest BCUT2D eigenvalue weighted by molar-refractivity contribution is 0.0310. The third-order valence-corrected chi connectivity index (χ3v) is 6.32. The van der Waals surface area contributed by atoms with Crippen molar-refractivity contribution < 1.29 is 4.74 Å². The van der Waals surface area contributed by atoms with Crippen molar-refractivity contribution in [2.45, 2.75) is 18.4 Å². The van der Waals surface area contributed by atoms with Crippen LogP contribution in [-0.2, 0) is 10.3 Å². The molecule has 0 bridgehead atoms. The van der Waals surface area contributed by atoms with E-state index in [1.54, 1.807) is 0 Å². The maximum absolute atomic E-state index is 5.46. The molecule has 2 saturated heterocycles. The molecule has 138 valence electrons. The minimum atomic E-state index is 0.0767. The van der Waals surface area contributed by atoms with Gasteiger partial charge in [0.25, 0.3) is 0 Å². The van der Waals surface area contributed by atoms with Crippen molar-refractivity contribution in [1.29, 1.82) is 0 Å². The second kappa shape index (κ2) is 6.72. The molecule has 0 unspecified atom stereocenters. The largest absolute Gasteiger partial charge is 0.379 e. The summed E-state index contributed by atoms with van der Waals surface area (Å²) in [6.45, 7) is 8.62. The molecule has 1 aromatic carbocycles. The van der Waals surface area contributed by atoms with Gasteiger partial charge in [0.2, 0.25) is 0 Å². The van der Waals surface area contributed by atoms with Gasteiger partial charge in [0.15, 0.2) is 0 Å². The quantitative estimate of drug-likeness (QED) is 0.920. The van der Waals surface area contributed by atoms with Gasteiger partial charge in [-0.15, -0.1) is 0 Å². The highest BCUT2D eigenvalue weighted by atomic mass is 16.5. The number of ether oxygens (including phenoxy) is 1. The van der Waals surface area contributed by atoms with Crippen molar-refractivity contribution in [3.05, 3.63) is 48.3 Å². The summed E-state index contributed by atoms with van der Waals surface area (Å²) < 4.78 is 7.84. The third kappa shape index (κ3) is 2.84. The molecular weight excluding hydrogens is 324 g/mol. The van der Waals surface area contributed by atoms with E-state index in [2.05, 4.69) is 62.3 Å². The van der Waals surface area contributed by atoms with Crippen LogP contribution in [0, 0.1) is 0 Å². The van der Waals surface area contributed by atoms with Crippen LogP contribution in [0.1, 0.15) is 18.5 Å². The third-order valence-electron chi connectivity index (χ3n) is 6.32. The molecule has 0 amide bonds. The number of piperidine rings is 1. The number of nitrogens with zero attached hydrogens (tertiary/aromatic N) is 3. The fourth-order valence-electron chi connectivity index (χ4n) is 4.74. The number of nitrogens with one attached hydrogen (secondary N) is 1. The molecule has 1 aromatic heterocycles. The van der Waals surface area contributed by atoms with E-state index in [0.29, 0.717) is 0 Å². The lowest BCUT2D eigenvalue weighted by atomic mass is 9.82. The van der Waals surface area contributed by atoms with Gasteiger partial charge in [0.1, 0.15) is 0 Å². The number of aromatic nitrogens is 1. The number of fused-ring (bicyclic) bond motifs is 4. The smallest absolute Gasteiger partial charge is 0.0804 e. The van der Waals surface area contributed by atoms with Gasteiger partial charge >= 0.3 is 0 Å². The van der Waals surface area contributed by atoms with Gasteiger partial charge in [-0.2, -0.15) is 0 Å². The molecule has 0 atom stereocenters. The molecular formula is C21H28N4O. The Kier molecular flexibility index (Phi) is 4.23. The maximum Gasteiger partial charge on any atom is 0.0804 e. The first kappa shape index (κ1) is 16.4. The zero-order valence-electron chi connectivity index (χ0n) is 15.4. The minimum Gasteiger partial charge on any atom is -0.379 e. The summed E-state index contributed by atoms with van der Waals surface area (Å²) in [5, 5.41) is 3.91. The summed E-state index contributed by atoms with van der Waals surface area (Å²) in [7, 11) is 0. The van der Waals surface area contributed by atoms with E-state index in [4.69, 9.17) is 4.74 Å². The Morgan fingerprint density at radius 3 is 2.42 bits per heavy atom. The Bertz CT molecular complexity index is 757. The Hall–Kier alpha value is -1.82. The van der Waals surface area contributed by atoms with Crippen LogP contribution in [0.3, 0.4) is 0 Å². The highest BCUT2D eigenvalue weighted by Crippen LogP contribution is 2.43. The van der Waals surface area contributed by atoms with E-state index in [1.165, 1.54) is 30.2 Å². The molecule has 26 heavy (non-hydrogen) atoms. The molecule has 3 aliphatic rings. The maximum atomic E-state index is 5.46. The summed E-state index contributed by atoms with van der Waals surface area (Å²) in [4.78, 5) is 5.17. The first-order valence-corrected chi connectivity index (χ1v) is 9.92. The molecule has 1 spiro atoms. The Balaban J connectivity index is 1.27. The van der Waals surface area contributed by atoms with Crippen LogP contribution in [0.25, 0.3) is 5.69 Å². The Morgan fingerprint density at radius 1 is 0.885 bits per heavy atom. The lowest BCUT2D eigenvalue weighted by Gasteiger charge is -2.46. The topological polar surface area (TPSA) is 32.7 Å². The zero-order chi connectivity index (χ0) is 17.4. The Morgan fingerprint density at radius 2 is 1.62 bits per heavy atom. The monoisotopic (exact) mass is 352 g/mol. The van der Waals surface area contributed by atoms with Crippen LogP contribution in [0.15, 0.2) is 42.6 Å². The number of hydrogen-bond donors (Lipinski definition) is 1. The molecule has 2 fully saturated rings. The number of para-hydroxylation sites is 2. The van der Waals surface area contributed by atoms with Crippen LogP contribution >= 0.6 is 0 Å². The van der Waals surface area contributed by atoms with Gasteiger partial charge < -0.3 is 19.5 Å². The fourth-order valence-corrected chi connectivity index (χ4v) is 4.74.